The Morgan fingerprint density at radius 3 is 1.51 bits per heavy atom. The largest absolute Gasteiger partial charge is 0.455 e. The molecule has 11 aromatic carbocycles. The molecule has 14 rings (SSSR count). The van der Waals surface area contributed by atoms with E-state index in [0.717, 1.165) is 105 Å². The van der Waals surface area contributed by atoms with Crippen LogP contribution in [0.2, 0.25) is 0 Å². The monoisotopic (exact) mass is 868 g/mol. The molecule has 0 aliphatic rings. The summed E-state index contributed by atoms with van der Waals surface area (Å²) >= 11 is 0. The molecule has 0 spiro atoms. The summed E-state index contributed by atoms with van der Waals surface area (Å²) in [7, 11) is 0. The zero-order chi connectivity index (χ0) is 44.7. The van der Waals surface area contributed by atoms with Crippen LogP contribution in [0, 0.1) is 0 Å². The van der Waals surface area contributed by atoms with Crippen molar-refractivity contribution in [1.82, 2.24) is 4.57 Å². The van der Waals surface area contributed by atoms with E-state index in [1.54, 1.807) is 0 Å². The van der Waals surface area contributed by atoms with Crippen LogP contribution in [-0.4, -0.2) is 4.57 Å². The van der Waals surface area contributed by atoms with Crippen LogP contribution in [0.1, 0.15) is 0 Å². The Kier molecular flexibility index (Phi) is 8.55. The first-order valence-electron chi connectivity index (χ1n) is 23.2. The van der Waals surface area contributed by atoms with Crippen molar-refractivity contribution in [2.75, 3.05) is 4.90 Å². The number of aromatic nitrogens is 1. The van der Waals surface area contributed by atoms with E-state index in [2.05, 4.69) is 240 Å². The molecule has 4 heteroatoms. The molecule has 0 amide bonds. The van der Waals surface area contributed by atoms with Gasteiger partial charge in [0, 0.05) is 65.9 Å². The van der Waals surface area contributed by atoms with E-state index in [1.165, 1.54) is 27.2 Å². The molecular weight excluding hydrogens is 829 g/mol. The Labute approximate surface area is 391 Å². The van der Waals surface area contributed by atoms with E-state index in [0.29, 0.717) is 0 Å². The molecule has 0 N–H and O–H groups in total. The number of nitrogens with zero attached hydrogens (tertiary/aromatic N) is 2. The molecule has 0 radical (unpaired) electrons. The summed E-state index contributed by atoms with van der Waals surface area (Å²) in [5, 5.41) is 9.29. The highest BCUT2D eigenvalue weighted by Crippen LogP contribution is 2.46. The summed E-state index contributed by atoms with van der Waals surface area (Å²) in [6.07, 6.45) is 0. The Balaban J connectivity index is 0.931. The number of rotatable bonds is 7. The first kappa shape index (κ1) is 38.2. The van der Waals surface area contributed by atoms with Gasteiger partial charge in [0.2, 0.25) is 0 Å². The maximum atomic E-state index is 6.84. The third-order valence-corrected chi connectivity index (χ3v) is 13.8. The Morgan fingerprint density at radius 1 is 0.309 bits per heavy atom. The van der Waals surface area contributed by atoms with Crippen LogP contribution in [0.25, 0.3) is 116 Å². The van der Waals surface area contributed by atoms with Gasteiger partial charge < -0.3 is 18.3 Å². The lowest BCUT2D eigenvalue weighted by molar-refractivity contribution is 0.670. The number of hydrogen-bond donors (Lipinski definition) is 0. The highest BCUT2D eigenvalue weighted by atomic mass is 16.3. The van der Waals surface area contributed by atoms with Crippen LogP contribution >= 0.6 is 0 Å². The summed E-state index contributed by atoms with van der Waals surface area (Å²) < 4.78 is 15.8. The van der Waals surface area contributed by atoms with Crippen LogP contribution in [0.15, 0.2) is 251 Å². The van der Waals surface area contributed by atoms with Crippen LogP contribution in [0.5, 0.6) is 0 Å². The molecule has 0 bridgehead atoms. The van der Waals surface area contributed by atoms with Crippen molar-refractivity contribution in [1.29, 1.82) is 0 Å². The molecule has 0 aliphatic heterocycles. The average Bonchev–Trinajstić information content (AvgIpc) is 4.08. The van der Waals surface area contributed by atoms with E-state index in [9.17, 15) is 0 Å². The predicted octanol–water partition coefficient (Wildman–Crippen LogP) is 18.2. The van der Waals surface area contributed by atoms with Crippen LogP contribution in [0.4, 0.5) is 17.1 Å². The standard InChI is InChI=1S/C64H40N2O2/c1-2-16-44-40-62-56(39-43(44)15-1)55-25-14-23-53(64(55)68-62)51-20-6-9-27-58(51)65(46-37-33-42(34-38-46)48-22-13-24-54-52-21-7-12-30-61(52)67-63(48)54)45-35-31-41(32-36-45)47-17-3-8-26-57(47)66-59-28-10-4-18-49(59)50-19-5-11-29-60(50)66/h1-40H. The smallest absolute Gasteiger partial charge is 0.143 e. The van der Waals surface area contributed by atoms with Gasteiger partial charge in [-0.05, 0) is 88.6 Å². The van der Waals surface area contributed by atoms with Crippen molar-refractivity contribution in [3.8, 4) is 39.1 Å². The van der Waals surface area contributed by atoms with Crippen molar-refractivity contribution in [3.63, 3.8) is 0 Å². The van der Waals surface area contributed by atoms with Crippen molar-refractivity contribution in [2.24, 2.45) is 0 Å². The van der Waals surface area contributed by atoms with Gasteiger partial charge in [-0.1, -0.05) is 176 Å². The Bertz CT molecular complexity index is 4210. The lowest BCUT2D eigenvalue weighted by Crippen LogP contribution is -2.11. The fourth-order valence-electron chi connectivity index (χ4n) is 10.7. The van der Waals surface area contributed by atoms with Crippen LogP contribution in [-0.2, 0) is 0 Å². The van der Waals surface area contributed by atoms with Gasteiger partial charge in [-0.15, -0.1) is 0 Å². The molecular formula is C64H40N2O2. The van der Waals surface area contributed by atoms with Gasteiger partial charge in [-0.3, -0.25) is 0 Å². The molecule has 318 valence electrons. The van der Waals surface area contributed by atoms with Crippen molar-refractivity contribution < 1.29 is 8.83 Å². The molecule has 14 aromatic rings. The predicted molar refractivity (Wildman–Crippen MR) is 284 cm³/mol. The van der Waals surface area contributed by atoms with Gasteiger partial charge in [-0.25, -0.2) is 0 Å². The summed E-state index contributed by atoms with van der Waals surface area (Å²) in [5.74, 6) is 0. The summed E-state index contributed by atoms with van der Waals surface area (Å²) in [5.41, 5.74) is 16.7. The fraction of sp³-hybridized carbons (Fsp3) is 0. The van der Waals surface area contributed by atoms with E-state index >= 15 is 0 Å². The summed E-state index contributed by atoms with van der Waals surface area (Å²) in [6.45, 7) is 0. The highest BCUT2D eigenvalue weighted by Gasteiger charge is 2.22. The van der Waals surface area contributed by atoms with Crippen molar-refractivity contribution in [3.05, 3.63) is 243 Å². The van der Waals surface area contributed by atoms with Gasteiger partial charge in [0.1, 0.15) is 22.3 Å². The van der Waals surface area contributed by atoms with E-state index in [1.807, 2.05) is 12.1 Å². The fourth-order valence-corrected chi connectivity index (χ4v) is 10.7. The van der Waals surface area contributed by atoms with Gasteiger partial charge in [0.05, 0.1) is 22.4 Å². The molecule has 3 heterocycles. The Hall–Kier alpha value is -9.12. The molecule has 0 saturated heterocycles. The number of fused-ring (bicyclic) bond motifs is 10. The molecule has 3 aromatic heterocycles. The number of furan rings is 2. The normalized spacial score (nSPS) is 11.8. The summed E-state index contributed by atoms with van der Waals surface area (Å²) in [4.78, 5) is 2.37. The van der Waals surface area contributed by atoms with Gasteiger partial charge in [0.15, 0.2) is 0 Å². The molecule has 0 atom stereocenters. The second-order valence-electron chi connectivity index (χ2n) is 17.6. The molecule has 4 nitrogen and oxygen atoms in total. The molecule has 0 unspecified atom stereocenters. The third kappa shape index (κ3) is 5.94. The second kappa shape index (κ2) is 15.2. The van der Waals surface area contributed by atoms with Crippen LogP contribution in [0.3, 0.4) is 0 Å². The van der Waals surface area contributed by atoms with Gasteiger partial charge in [-0.2, -0.15) is 0 Å². The minimum atomic E-state index is 0.872. The molecule has 0 fully saturated rings. The molecule has 68 heavy (non-hydrogen) atoms. The minimum Gasteiger partial charge on any atom is -0.455 e. The van der Waals surface area contributed by atoms with E-state index < -0.39 is 0 Å². The van der Waals surface area contributed by atoms with E-state index in [-0.39, 0.29) is 0 Å². The molecule has 0 aliphatic carbocycles. The minimum absolute atomic E-state index is 0.872. The quantitative estimate of drug-likeness (QED) is 0.160. The zero-order valence-electron chi connectivity index (χ0n) is 36.8. The first-order chi connectivity index (χ1) is 33.7. The number of hydrogen-bond acceptors (Lipinski definition) is 3. The summed E-state index contributed by atoms with van der Waals surface area (Å²) in [6, 6.07) is 86.9. The Morgan fingerprint density at radius 2 is 0.794 bits per heavy atom. The maximum Gasteiger partial charge on any atom is 0.143 e. The SMILES string of the molecule is c1ccc(N(c2ccc(-c3ccccc3-n3c4ccccc4c4ccccc43)cc2)c2ccc(-c3cccc4c3oc3ccccc34)cc2)c(-c2cccc3c2oc2cc4ccccc4cc23)c1. The maximum absolute atomic E-state index is 6.84. The van der Waals surface area contributed by atoms with Gasteiger partial charge in [0.25, 0.3) is 0 Å². The number of benzene rings is 11. The van der Waals surface area contributed by atoms with Gasteiger partial charge >= 0.3 is 0 Å². The molecule has 0 saturated carbocycles. The van der Waals surface area contributed by atoms with E-state index in [4.69, 9.17) is 8.83 Å². The second-order valence-corrected chi connectivity index (χ2v) is 17.6. The van der Waals surface area contributed by atoms with Crippen LogP contribution < -0.4 is 4.90 Å². The van der Waals surface area contributed by atoms with Crippen molar-refractivity contribution in [2.45, 2.75) is 0 Å². The topological polar surface area (TPSA) is 34.5 Å². The third-order valence-electron chi connectivity index (χ3n) is 13.8. The average molecular weight is 869 g/mol. The highest BCUT2D eigenvalue weighted by molar-refractivity contribution is 6.15. The number of para-hydroxylation sites is 7. The zero-order valence-corrected chi connectivity index (χ0v) is 36.8. The number of anilines is 3. The lowest BCUT2D eigenvalue weighted by Gasteiger charge is -2.28. The lowest BCUT2D eigenvalue weighted by atomic mass is 9.98. The first-order valence-corrected chi connectivity index (χ1v) is 23.2. The van der Waals surface area contributed by atoms with Crippen molar-refractivity contribution >= 4 is 93.5 Å².